The van der Waals surface area contributed by atoms with E-state index in [1.54, 1.807) is 0 Å². The van der Waals surface area contributed by atoms with Gasteiger partial charge in [-0.15, -0.1) is 0 Å². The number of carboxylic acid groups (broad SMARTS) is 1. The van der Waals surface area contributed by atoms with E-state index in [-0.39, 0.29) is 0 Å². The molecule has 4 N–H and O–H groups in total. The summed E-state index contributed by atoms with van der Waals surface area (Å²) in [7, 11) is 0. The van der Waals surface area contributed by atoms with Crippen LogP contribution in [0.5, 0.6) is 0 Å². The molecule has 5 nitrogen and oxygen atoms in total. The first-order chi connectivity index (χ1) is 9.60. The van der Waals surface area contributed by atoms with Crippen LogP contribution in [0.3, 0.4) is 0 Å². The van der Waals surface area contributed by atoms with Crippen LogP contribution in [-0.2, 0) is 16.0 Å². The first-order valence-corrected chi connectivity index (χ1v) is 6.71. The molecule has 0 saturated carbocycles. The monoisotopic (exact) mass is 278 g/mol. The average Bonchev–Trinajstić information content (AvgIpc) is 2.84. The highest BCUT2D eigenvalue weighted by Crippen LogP contribution is 2.18. The van der Waals surface area contributed by atoms with Gasteiger partial charge in [0.15, 0.2) is 0 Å². The van der Waals surface area contributed by atoms with E-state index in [2.05, 4.69) is 4.98 Å². The first-order valence-electron chi connectivity index (χ1n) is 6.71. The van der Waals surface area contributed by atoms with Crippen LogP contribution in [0.1, 0.15) is 19.4 Å². The molecule has 0 saturated heterocycles. The summed E-state index contributed by atoms with van der Waals surface area (Å²) in [5, 5.41) is 9.75. The highest BCUT2D eigenvalue weighted by molar-refractivity contribution is 5.84. The molecular formula is C15H22N2O3. The second-order valence-electron chi connectivity index (χ2n) is 4.29. The predicted octanol–water partition coefficient (Wildman–Crippen LogP) is 2.17. The van der Waals surface area contributed by atoms with Crippen LogP contribution >= 0.6 is 0 Å². The van der Waals surface area contributed by atoms with Gasteiger partial charge in [-0.3, -0.25) is 4.79 Å². The molecule has 0 aliphatic carbocycles. The fourth-order valence-electron chi connectivity index (χ4n) is 1.83. The third-order valence-corrected chi connectivity index (χ3v) is 2.84. The van der Waals surface area contributed by atoms with Crippen LogP contribution in [0.2, 0.25) is 0 Å². The number of aromatic amines is 1. The molecule has 0 spiro atoms. The van der Waals surface area contributed by atoms with Crippen molar-refractivity contribution in [3.05, 3.63) is 36.0 Å². The molecule has 0 radical (unpaired) electrons. The Hall–Kier alpha value is -1.85. The maximum Gasteiger partial charge on any atom is 0.320 e. The maximum absolute atomic E-state index is 10.6. The van der Waals surface area contributed by atoms with E-state index >= 15 is 0 Å². The topological polar surface area (TPSA) is 88.3 Å². The van der Waals surface area contributed by atoms with Gasteiger partial charge in [0.2, 0.25) is 0 Å². The van der Waals surface area contributed by atoms with Gasteiger partial charge in [-0.25, -0.2) is 0 Å². The fourth-order valence-corrected chi connectivity index (χ4v) is 1.83. The lowest BCUT2D eigenvalue weighted by Gasteiger charge is -2.04. The van der Waals surface area contributed by atoms with Crippen molar-refractivity contribution in [3.8, 4) is 0 Å². The van der Waals surface area contributed by atoms with Gasteiger partial charge in [-0.05, 0) is 25.5 Å². The molecule has 1 aromatic heterocycles. The molecule has 0 amide bonds. The van der Waals surface area contributed by atoms with Crippen LogP contribution < -0.4 is 5.73 Å². The number of hydrogen-bond donors (Lipinski definition) is 3. The summed E-state index contributed by atoms with van der Waals surface area (Å²) in [4.78, 5) is 13.7. The van der Waals surface area contributed by atoms with E-state index in [9.17, 15) is 4.79 Å². The Kier molecular flexibility index (Phi) is 6.76. The highest BCUT2D eigenvalue weighted by atomic mass is 16.5. The number of nitrogens with two attached hydrogens (primary N) is 1. The van der Waals surface area contributed by atoms with E-state index in [1.807, 2.05) is 44.3 Å². The van der Waals surface area contributed by atoms with Crippen LogP contribution in [0.25, 0.3) is 10.9 Å². The Bertz CT molecular complexity index is 535. The summed E-state index contributed by atoms with van der Waals surface area (Å²) < 4.78 is 4.83. The number of hydrogen-bond acceptors (Lipinski definition) is 3. The second kappa shape index (κ2) is 8.35. The molecule has 0 aliphatic rings. The number of ether oxygens (including phenoxy) is 1. The zero-order chi connectivity index (χ0) is 15.0. The molecule has 0 fully saturated rings. The van der Waals surface area contributed by atoms with Crippen molar-refractivity contribution in [2.24, 2.45) is 5.73 Å². The van der Waals surface area contributed by atoms with Crippen molar-refractivity contribution >= 4 is 16.9 Å². The minimum absolute atomic E-state index is 0.347. The van der Waals surface area contributed by atoms with Gasteiger partial charge in [-0.2, -0.15) is 0 Å². The predicted molar refractivity (Wildman–Crippen MR) is 79.8 cm³/mol. The van der Waals surface area contributed by atoms with Crippen LogP contribution in [0.4, 0.5) is 0 Å². The number of rotatable bonds is 5. The number of carbonyl (C=O) groups is 1. The fraction of sp³-hybridized carbons (Fsp3) is 0.400. The first kappa shape index (κ1) is 16.2. The third kappa shape index (κ3) is 4.68. The van der Waals surface area contributed by atoms with Crippen LogP contribution in [0, 0.1) is 0 Å². The van der Waals surface area contributed by atoms with E-state index in [0.717, 1.165) is 29.7 Å². The molecule has 2 aromatic rings. The molecule has 20 heavy (non-hydrogen) atoms. The SMILES string of the molecule is CCOCC.NC(Cc1c[nH]c2ccccc12)C(=O)O. The third-order valence-electron chi connectivity index (χ3n) is 2.84. The normalized spacial score (nSPS) is 11.8. The van der Waals surface area contributed by atoms with Crippen molar-refractivity contribution < 1.29 is 14.6 Å². The molecule has 5 heteroatoms. The van der Waals surface area contributed by atoms with E-state index in [1.165, 1.54) is 0 Å². The molecule has 1 aromatic carbocycles. The summed E-state index contributed by atoms with van der Waals surface area (Å²) in [5.41, 5.74) is 7.43. The standard InChI is InChI=1S/C11H12N2O2.C4H10O/c12-9(11(14)15)5-7-6-13-10-4-2-1-3-8(7)10;1-3-5-4-2/h1-4,6,9,13H,5,12H2,(H,14,15);3-4H2,1-2H3. The number of aliphatic carboxylic acids is 1. The molecule has 1 unspecified atom stereocenters. The van der Waals surface area contributed by atoms with Gasteiger partial charge in [0.25, 0.3) is 0 Å². The van der Waals surface area contributed by atoms with Crippen molar-refractivity contribution in [3.63, 3.8) is 0 Å². The minimum Gasteiger partial charge on any atom is -0.480 e. The summed E-state index contributed by atoms with van der Waals surface area (Å²) in [6.07, 6.45) is 2.16. The lowest BCUT2D eigenvalue weighted by Crippen LogP contribution is -2.32. The van der Waals surface area contributed by atoms with Gasteiger partial charge in [-0.1, -0.05) is 18.2 Å². The Balaban J connectivity index is 0.000000347. The van der Waals surface area contributed by atoms with Crippen LogP contribution in [0.15, 0.2) is 30.5 Å². The second-order valence-corrected chi connectivity index (χ2v) is 4.29. The van der Waals surface area contributed by atoms with Gasteiger partial charge in [0.05, 0.1) is 0 Å². The molecular weight excluding hydrogens is 256 g/mol. The smallest absolute Gasteiger partial charge is 0.320 e. The number of fused-ring (bicyclic) bond motifs is 1. The number of aromatic nitrogens is 1. The zero-order valence-corrected chi connectivity index (χ0v) is 11.9. The number of H-pyrrole nitrogens is 1. The molecule has 1 atom stereocenters. The Morgan fingerprint density at radius 1 is 1.35 bits per heavy atom. The highest BCUT2D eigenvalue weighted by Gasteiger charge is 2.14. The Morgan fingerprint density at radius 3 is 2.55 bits per heavy atom. The van der Waals surface area contributed by atoms with Gasteiger partial charge in [0, 0.05) is 36.7 Å². The molecule has 110 valence electrons. The molecule has 1 heterocycles. The largest absolute Gasteiger partial charge is 0.480 e. The Labute approximate surface area is 118 Å². The van der Waals surface area contributed by atoms with Gasteiger partial charge >= 0.3 is 5.97 Å². The number of para-hydroxylation sites is 1. The minimum atomic E-state index is -0.972. The van der Waals surface area contributed by atoms with Gasteiger partial charge < -0.3 is 20.6 Å². The number of nitrogens with one attached hydrogen (secondary N) is 1. The Morgan fingerprint density at radius 2 is 2.00 bits per heavy atom. The number of carboxylic acids is 1. The van der Waals surface area contributed by atoms with Crippen molar-refractivity contribution in [2.75, 3.05) is 13.2 Å². The lowest BCUT2D eigenvalue weighted by atomic mass is 10.1. The molecule has 2 rings (SSSR count). The number of benzene rings is 1. The summed E-state index contributed by atoms with van der Waals surface area (Å²) in [6.45, 7) is 5.67. The zero-order valence-electron chi connectivity index (χ0n) is 11.9. The van der Waals surface area contributed by atoms with Crippen molar-refractivity contribution in [1.29, 1.82) is 0 Å². The molecule has 0 aliphatic heterocycles. The average molecular weight is 278 g/mol. The van der Waals surface area contributed by atoms with Crippen molar-refractivity contribution in [2.45, 2.75) is 26.3 Å². The van der Waals surface area contributed by atoms with Crippen LogP contribution in [-0.4, -0.2) is 35.3 Å². The van der Waals surface area contributed by atoms with E-state index in [4.69, 9.17) is 15.6 Å². The van der Waals surface area contributed by atoms with E-state index in [0.29, 0.717) is 6.42 Å². The van der Waals surface area contributed by atoms with Crippen molar-refractivity contribution in [1.82, 2.24) is 4.98 Å². The summed E-state index contributed by atoms with van der Waals surface area (Å²) in [6, 6.07) is 6.91. The summed E-state index contributed by atoms with van der Waals surface area (Å²) in [5.74, 6) is -0.972. The van der Waals surface area contributed by atoms with E-state index < -0.39 is 12.0 Å². The quantitative estimate of drug-likeness (QED) is 0.782. The lowest BCUT2D eigenvalue weighted by molar-refractivity contribution is -0.138. The van der Waals surface area contributed by atoms with Gasteiger partial charge in [0.1, 0.15) is 6.04 Å². The summed E-state index contributed by atoms with van der Waals surface area (Å²) >= 11 is 0. The molecule has 0 bridgehead atoms. The maximum atomic E-state index is 10.6.